The molecule has 2 N–H and O–H groups in total. The summed E-state index contributed by atoms with van der Waals surface area (Å²) in [6.07, 6.45) is 0.331. The molecule has 0 spiro atoms. The standard InChI is InChI=1S/C14H21NO2/c1-14(2,3)17-13(16)9-12(10-15)11-7-5-4-6-8-11/h4-8,12H,9-10,15H2,1-3H3/t12-/m1/s1. The Labute approximate surface area is 103 Å². The number of carbonyl (C=O) groups is 1. The predicted octanol–water partition coefficient (Wildman–Crippen LogP) is 2.46. The van der Waals surface area contributed by atoms with Crippen LogP contribution in [-0.2, 0) is 9.53 Å². The van der Waals surface area contributed by atoms with Gasteiger partial charge in [0.1, 0.15) is 5.60 Å². The molecule has 0 aliphatic carbocycles. The summed E-state index contributed by atoms with van der Waals surface area (Å²) < 4.78 is 5.30. The van der Waals surface area contributed by atoms with E-state index in [1.165, 1.54) is 0 Å². The SMILES string of the molecule is CC(C)(C)OC(=O)C[C@H](CN)c1ccccc1. The fraction of sp³-hybridized carbons (Fsp3) is 0.500. The van der Waals surface area contributed by atoms with Gasteiger partial charge < -0.3 is 10.5 Å². The third-order valence-electron chi connectivity index (χ3n) is 2.39. The molecule has 0 unspecified atom stereocenters. The highest BCUT2D eigenvalue weighted by Crippen LogP contribution is 2.20. The van der Waals surface area contributed by atoms with Crippen molar-refractivity contribution in [1.29, 1.82) is 0 Å². The van der Waals surface area contributed by atoms with E-state index in [2.05, 4.69) is 0 Å². The van der Waals surface area contributed by atoms with Gasteiger partial charge in [-0.2, -0.15) is 0 Å². The average Bonchev–Trinajstić information content (AvgIpc) is 2.24. The van der Waals surface area contributed by atoms with Crippen molar-refractivity contribution in [2.75, 3.05) is 6.54 Å². The van der Waals surface area contributed by atoms with E-state index >= 15 is 0 Å². The van der Waals surface area contributed by atoms with E-state index in [-0.39, 0.29) is 11.9 Å². The maximum absolute atomic E-state index is 11.7. The molecule has 0 amide bonds. The van der Waals surface area contributed by atoms with Crippen LogP contribution < -0.4 is 5.73 Å². The number of esters is 1. The minimum atomic E-state index is -0.438. The Morgan fingerprint density at radius 1 is 1.29 bits per heavy atom. The number of carbonyl (C=O) groups excluding carboxylic acids is 1. The molecule has 3 nitrogen and oxygen atoms in total. The summed E-state index contributed by atoms with van der Waals surface area (Å²) in [7, 11) is 0. The van der Waals surface area contributed by atoms with Crippen LogP contribution in [0.25, 0.3) is 0 Å². The van der Waals surface area contributed by atoms with Gasteiger partial charge in [-0.25, -0.2) is 0 Å². The lowest BCUT2D eigenvalue weighted by Crippen LogP contribution is -2.26. The smallest absolute Gasteiger partial charge is 0.306 e. The molecule has 0 saturated heterocycles. The largest absolute Gasteiger partial charge is 0.460 e. The molecule has 0 bridgehead atoms. The molecule has 0 saturated carbocycles. The lowest BCUT2D eigenvalue weighted by atomic mass is 9.96. The molecule has 0 fully saturated rings. The molecule has 3 heteroatoms. The van der Waals surface area contributed by atoms with Crippen molar-refractivity contribution in [1.82, 2.24) is 0 Å². The van der Waals surface area contributed by atoms with Crippen molar-refractivity contribution in [3.63, 3.8) is 0 Å². The normalized spacial score (nSPS) is 13.2. The second-order valence-corrected chi connectivity index (χ2v) is 5.13. The molecule has 0 radical (unpaired) electrons. The van der Waals surface area contributed by atoms with E-state index in [0.717, 1.165) is 5.56 Å². The Hall–Kier alpha value is -1.35. The number of ether oxygens (including phenoxy) is 1. The fourth-order valence-corrected chi connectivity index (χ4v) is 1.65. The minimum Gasteiger partial charge on any atom is -0.460 e. The molecule has 94 valence electrons. The van der Waals surface area contributed by atoms with Crippen LogP contribution in [0.5, 0.6) is 0 Å². The molecule has 0 aromatic heterocycles. The van der Waals surface area contributed by atoms with E-state index in [1.54, 1.807) is 0 Å². The minimum absolute atomic E-state index is 0.0334. The summed E-state index contributed by atoms with van der Waals surface area (Å²) in [5.74, 6) is -0.164. The second kappa shape index (κ2) is 5.82. The van der Waals surface area contributed by atoms with Crippen LogP contribution in [0.4, 0.5) is 0 Å². The lowest BCUT2D eigenvalue weighted by molar-refractivity contribution is -0.155. The number of hydrogen-bond donors (Lipinski definition) is 1. The Morgan fingerprint density at radius 2 is 1.88 bits per heavy atom. The predicted molar refractivity (Wildman–Crippen MR) is 68.7 cm³/mol. The van der Waals surface area contributed by atoms with Gasteiger partial charge in [0.2, 0.25) is 0 Å². The number of rotatable bonds is 4. The summed E-state index contributed by atoms with van der Waals surface area (Å²) in [5, 5.41) is 0. The first-order valence-corrected chi connectivity index (χ1v) is 5.89. The van der Waals surface area contributed by atoms with Crippen LogP contribution >= 0.6 is 0 Å². The zero-order chi connectivity index (χ0) is 12.9. The molecule has 1 aromatic rings. The third-order valence-corrected chi connectivity index (χ3v) is 2.39. The van der Waals surface area contributed by atoms with Gasteiger partial charge in [0.05, 0.1) is 6.42 Å². The summed E-state index contributed by atoms with van der Waals surface area (Å²) in [4.78, 5) is 11.7. The number of nitrogens with two attached hydrogens (primary N) is 1. The van der Waals surface area contributed by atoms with E-state index in [9.17, 15) is 4.79 Å². The highest BCUT2D eigenvalue weighted by molar-refractivity contribution is 5.71. The Morgan fingerprint density at radius 3 is 2.35 bits per heavy atom. The maximum atomic E-state index is 11.7. The van der Waals surface area contributed by atoms with E-state index < -0.39 is 5.60 Å². The van der Waals surface area contributed by atoms with E-state index in [0.29, 0.717) is 13.0 Å². The molecule has 1 rings (SSSR count). The Bertz CT molecular complexity index is 354. The van der Waals surface area contributed by atoms with Crippen LogP contribution in [-0.4, -0.2) is 18.1 Å². The van der Waals surface area contributed by atoms with Gasteiger partial charge in [0.15, 0.2) is 0 Å². The van der Waals surface area contributed by atoms with Crippen molar-refractivity contribution in [3.05, 3.63) is 35.9 Å². The van der Waals surface area contributed by atoms with Crippen LogP contribution in [0.2, 0.25) is 0 Å². The summed E-state index contributed by atoms with van der Waals surface area (Å²) >= 11 is 0. The van der Waals surface area contributed by atoms with Gasteiger partial charge in [-0.3, -0.25) is 4.79 Å². The van der Waals surface area contributed by atoms with E-state index in [4.69, 9.17) is 10.5 Å². The molecule has 0 aliphatic rings. The first-order valence-electron chi connectivity index (χ1n) is 5.89. The molecular formula is C14H21NO2. The highest BCUT2D eigenvalue weighted by atomic mass is 16.6. The zero-order valence-corrected chi connectivity index (χ0v) is 10.8. The molecule has 0 heterocycles. The maximum Gasteiger partial charge on any atom is 0.306 e. The first kappa shape index (κ1) is 13.7. The third kappa shape index (κ3) is 5.00. The van der Waals surface area contributed by atoms with Crippen molar-refractivity contribution in [2.45, 2.75) is 38.7 Å². The van der Waals surface area contributed by atoms with Crippen LogP contribution in [0, 0.1) is 0 Å². The van der Waals surface area contributed by atoms with Crippen LogP contribution in [0.3, 0.4) is 0 Å². The molecule has 17 heavy (non-hydrogen) atoms. The monoisotopic (exact) mass is 235 g/mol. The van der Waals surface area contributed by atoms with Gasteiger partial charge in [-0.05, 0) is 32.9 Å². The van der Waals surface area contributed by atoms with Crippen molar-refractivity contribution >= 4 is 5.97 Å². The molecule has 1 atom stereocenters. The molecular weight excluding hydrogens is 214 g/mol. The summed E-state index contributed by atoms with van der Waals surface area (Å²) in [6, 6.07) is 9.83. The van der Waals surface area contributed by atoms with E-state index in [1.807, 2.05) is 51.1 Å². The molecule has 1 aromatic carbocycles. The average molecular weight is 235 g/mol. The van der Waals surface area contributed by atoms with Gasteiger partial charge >= 0.3 is 5.97 Å². The van der Waals surface area contributed by atoms with Gasteiger partial charge in [0.25, 0.3) is 0 Å². The fourth-order valence-electron chi connectivity index (χ4n) is 1.65. The number of benzene rings is 1. The number of hydrogen-bond acceptors (Lipinski definition) is 3. The van der Waals surface area contributed by atoms with Crippen LogP contribution in [0.15, 0.2) is 30.3 Å². The van der Waals surface area contributed by atoms with Crippen molar-refractivity contribution < 1.29 is 9.53 Å². The highest BCUT2D eigenvalue weighted by Gasteiger charge is 2.20. The Balaban J connectivity index is 2.62. The second-order valence-electron chi connectivity index (χ2n) is 5.13. The summed E-state index contributed by atoms with van der Waals surface area (Å²) in [5.41, 5.74) is 6.36. The lowest BCUT2D eigenvalue weighted by Gasteiger charge is -2.21. The quantitative estimate of drug-likeness (QED) is 0.816. The topological polar surface area (TPSA) is 52.3 Å². The zero-order valence-electron chi connectivity index (χ0n) is 10.8. The van der Waals surface area contributed by atoms with Crippen LogP contribution in [0.1, 0.15) is 38.7 Å². The van der Waals surface area contributed by atoms with Gasteiger partial charge in [-0.1, -0.05) is 30.3 Å². The van der Waals surface area contributed by atoms with Crippen molar-refractivity contribution in [3.8, 4) is 0 Å². The summed E-state index contributed by atoms with van der Waals surface area (Å²) in [6.45, 7) is 6.05. The molecule has 0 aliphatic heterocycles. The Kier molecular flexibility index (Phi) is 4.70. The van der Waals surface area contributed by atoms with Crippen molar-refractivity contribution in [2.24, 2.45) is 5.73 Å². The van der Waals surface area contributed by atoms with Gasteiger partial charge in [-0.15, -0.1) is 0 Å². The van der Waals surface area contributed by atoms with Gasteiger partial charge in [0, 0.05) is 5.92 Å². The first-order chi connectivity index (χ1) is 7.92.